The van der Waals surface area contributed by atoms with Crippen molar-refractivity contribution in [2.45, 2.75) is 39.2 Å². The summed E-state index contributed by atoms with van der Waals surface area (Å²) in [6.45, 7) is 7.47. The summed E-state index contributed by atoms with van der Waals surface area (Å²) < 4.78 is 0. The monoisotopic (exact) mass is 301 g/mol. The van der Waals surface area contributed by atoms with E-state index in [0.29, 0.717) is 12.0 Å². The molecular formula is C19H24ClN. The Morgan fingerprint density at radius 3 is 2.48 bits per heavy atom. The molecule has 0 saturated carbocycles. The van der Waals surface area contributed by atoms with Crippen molar-refractivity contribution in [3.63, 3.8) is 0 Å². The molecule has 0 radical (unpaired) electrons. The predicted octanol–water partition coefficient (Wildman–Crippen LogP) is 4.97. The van der Waals surface area contributed by atoms with Gasteiger partial charge in [-0.15, -0.1) is 0 Å². The van der Waals surface area contributed by atoms with Gasteiger partial charge in [-0.25, -0.2) is 0 Å². The summed E-state index contributed by atoms with van der Waals surface area (Å²) in [6.07, 6.45) is 1.03. The first kappa shape index (κ1) is 16.1. The fourth-order valence-electron chi connectivity index (χ4n) is 2.57. The van der Waals surface area contributed by atoms with Crippen molar-refractivity contribution in [3.05, 3.63) is 70.2 Å². The van der Waals surface area contributed by atoms with Gasteiger partial charge in [-0.3, -0.25) is 0 Å². The molecule has 0 aromatic heterocycles. The van der Waals surface area contributed by atoms with Crippen LogP contribution in [0.4, 0.5) is 0 Å². The number of hydrogen-bond acceptors (Lipinski definition) is 1. The van der Waals surface area contributed by atoms with Gasteiger partial charge in [-0.05, 0) is 36.6 Å². The molecule has 0 spiro atoms. The smallest absolute Gasteiger partial charge is 0.0408 e. The lowest BCUT2D eigenvalue weighted by molar-refractivity contribution is 0.527. The van der Waals surface area contributed by atoms with Crippen LogP contribution in [0.25, 0.3) is 0 Å². The maximum atomic E-state index is 6.16. The molecule has 0 aliphatic rings. The van der Waals surface area contributed by atoms with Crippen molar-refractivity contribution in [2.75, 3.05) is 6.54 Å². The number of hydrogen-bond donors (Lipinski definition) is 1. The maximum Gasteiger partial charge on any atom is 0.0408 e. The largest absolute Gasteiger partial charge is 0.314 e. The Hall–Kier alpha value is -1.31. The van der Waals surface area contributed by atoms with Crippen LogP contribution in [0.2, 0.25) is 5.02 Å². The van der Waals surface area contributed by atoms with E-state index in [4.69, 9.17) is 11.6 Å². The van der Waals surface area contributed by atoms with Crippen molar-refractivity contribution in [3.8, 4) is 0 Å². The van der Waals surface area contributed by atoms with Gasteiger partial charge in [-0.1, -0.05) is 67.4 Å². The second-order valence-corrected chi connectivity index (χ2v) is 6.44. The van der Waals surface area contributed by atoms with Crippen molar-refractivity contribution in [1.29, 1.82) is 0 Å². The third-order valence-corrected chi connectivity index (χ3v) is 3.89. The Morgan fingerprint density at radius 2 is 1.81 bits per heavy atom. The van der Waals surface area contributed by atoms with Crippen molar-refractivity contribution >= 4 is 11.6 Å². The highest BCUT2D eigenvalue weighted by molar-refractivity contribution is 6.30. The normalized spacial score (nSPS) is 12.6. The van der Waals surface area contributed by atoms with E-state index in [1.165, 1.54) is 16.7 Å². The molecule has 1 N–H and O–H groups in total. The van der Waals surface area contributed by atoms with E-state index in [2.05, 4.69) is 62.5 Å². The van der Waals surface area contributed by atoms with Crippen LogP contribution in [0.1, 0.15) is 36.5 Å². The molecule has 0 aliphatic heterocycles. The lowest BCUT2D eigenvalue weighted by Gasteiger charge is -2.20. The molecule has 2 aromatic rings. The number of aryl methyl sites for hydroxylation is 1. The molecule has 21 heavy (non-hydrogen) atoms. The Balaban J connectivity index is 2.19. The zero-order valence-corrected chi connectivity index (χ0v) is 13.8. The minimum absolute atomic E-state index is 0.438. The highest BCUT2D eigenvalue weighted by Crippen LogP contribution is 2.23. The standard InChI is InChI=1S/C19H24ClN/c1-14(2)21-13-18(17-8-5-9-19(20)12-17)11-16-7-4-6-15(3)10-16/h4-10,12,14,18,21H,11,13H2,1-3H3. The summed E-state index contributed by atoms with van der Waals surface area (Å²) in [7, 11) is 0. The van der Waals surface area contributed by atoms with E-state index in [1.807, 2.05) is 12.1 Å². The molecule has 1 atom stereocenters. The first-order valence-electron chi connectivity index (χ1n) is 7.59. The minimum atomic E-state index is 0.438. The van der Waals surface area contributed by atoms with E-state index >= 15 is 0 Å². The van der Waals surface area contributed by atoms with Crippen LogP contribution in [0, 0.1) is 6.92 Å². The molecule has 2 heteroatoms. The quantitative estimate of drug-likeness (QED) is 0.794. The molecule has 0 bridgehead atoms. The van der Waals surface area contributed by atoms with Crippen LogP contribution in [-0.4, -0.2) is 12.6 Å². The van der Waals surface area contributed by atoms with E-state index in [0.717, 1.165) is 18.0 Å². The topological polar surface area (TPSA) is 12.0 Å². The molecule has 0 fully saturated rings. The van der Waals surface area contributed by atoms with Crippen molar-refractivity contribution < 1.29 is 0 Å². The summed E-state index contributed by atoms with van der Waals surface area (Å²) in [6, 6.07) is 17.5. The van der Waals surface area contributed by atoms with Crippen LogP contribution in [0.5, 0.6) is 0 Å². The highest BCUT2D eigenvalue weighted by atomic mass is 35.5. The molecular weight excluding hydrogens is 278 g/mol. The van der Waals surface area contributed by atoms with Gasteiger partial charge in [0.25, 0.3) is 0 Å². The van der Waals surface area contributed by atoms with Gasteiger partial charge in [0.05, 0.1) is 0 Å². The Morgan fingerprint density at radius 1 is 1.05 bits per heavy atom. The zero-order chi connectivity index (χ0) is 15.2. The van der Waals surface area contributed by atoms with Crippen LogP contribution >= 0.6 is 11.6 Å². The summed E-state index contributed by atoms with van der Waals surface area (Å²) in [5.74, 6) is 0.438. The average molecular weight is 302 g/mol. The summed E-state index contributed by atoms with van der Waals surface area (Å²) in [5.41, 5.74) is 4.00. The lowest BCUT2D eigenvalue weighted by atomic mass is 9.91. The number of nitrogens with one attached hydrogen (secondary N) is 1. The van der Waals surface area contributed by atoms with E-state index < -0.39 is 0 Å². The van der Waals surface area contributed by atoms with Gasteiger partial charge in [-0.2, -0.15) is 0 Å². The van der Waals surface area contributed by atoms with Crippen LogP contribution < -0.4 is 5.32 Å². The Labute approximate surface area is 133 Å². The fourth-order valence-corrected chi connectivity index (χ4v) is 2.77. The summed E-state index contributed by atoms with van der Waals surface area (Å²) in [4.78, 5) is 0. The van der Waals surface area contributed by atoms with Gasteiger partial charge in [0, 0.05) is 23.5 Å². The van der Waals surface area contributed by atoms with Crippen LogP contribution in [0.3, 0.4) is 0 Å². The molecule has 2 aromatic carbocycles. The molecule has 112 valence electrons. The summed E-state index contributed by atoms with van der Waals surface area (Å²) in [5, 5.41) is 4.37. The maximum absolute atomic E-state index is 6.16. The van der Waals surface area contributed by atoms with Gasteiger partial charge in [0.1, 0.15) is 0 Å². The first-order chi connectivity index (χ1) is 10.0. The third-order valence-electron chi connectivity index (χ3n) is 3.66. The first-order valence-corrected chi connectivity index (χ1v) is 7.97. The second kappa shape index (κ2) is 7.63. The SMILES string of the molecule is Cc1cccc(CC(CNC(C)C)c2cccc(Cl)c2)c1. The van der Waals surface area contributed by atoms with Gasteiger partial charge in [0.2, 0.25) is 0 Å². The zero-order valence-electron chi connectivity index (χ0n) is 13.1. The fraction of sp³-hybridized carbons (Fsp3) is 0.368. The predicted molar refractivity (Wildman–Crippen MR) is 92.2 cm³/mol. The van der Waals surface area contributed by atoms with Crippen LogP contribution in [-0.2, 0) is 6.42 Å². The third kappa shape index (κ3) is 5.18. The number of rotatable bonds is 6. The molecule has 1 unspecified atom stereocenters. The number of halogens is 1. The molecule has 0 aliphatic carbocycles. The lowest BCUT2D eigenvalue weighted by Crippen LogP contribution is -2.29. The van der Waals surface area contributed by atoms with Gasteiger partial charge < -0.3 is 5.32 Å². The van der Waals surface area contributed by atoms with Gasteiger partial charge >= 0.3 is 0 Å². The van der Waals surface area contributed by atoms with E-state index in [-0.39, 0.29) is 0 Å². The Kier molecular flexibility index (Phi) is 5.84. The Bertz CT molecular complexity index is 577. The van der Waals surface area contributed by atoms with E-state index in [9.17, 15) is 0 Å². The molecule has 0 heterocycles. The molecule has 0 saturated heterocycles. The molecule has 2 rings (SSSR count). The van der Waals surface area contributed by atoms with E-state index in [1.54, 1.807) is 0 Å². The summed E-state index contributed by atoms with van der Waals surface area (Å²) >= 11 is 6.16. The second-order valence-electron chi connectivity index (χ2n) is 6.01. The van der Waals surface area contributed by atoms with Crippen LogP contribution in [0.15, 0.2) is 48.5 Å². The van der Waals surface area contributed by atoms with Gasteiger partial charge in [0.15, 0.2) is 0 Å². The molecule has 1 nitrogen and oxygen atoms in total. The molecule has 0 amide bonds. The highest BCUT2D eigenvalue weighted by Gasteiger charge is 2.13. The van der Waals surface area contributed by atoms with Crippen molar-refractivity contribution in [1.82, 2.24) is 5.32 Å². The average Bonchev–Trinajstić information content (AvgIpc) is 2.43. The van der Waals surface area contributed by atoms with Crippen molar-refractivity contribution in [2.24, 2.45) is 0 Å². The minimum Gasteiger partial charge on any atom is -0.314 e. The number of benzene rings is 2.